The maximum atomic E-state index is 5.25. The minimum atomic E-state index is 0.625. The first kappa shape index (κ1) is 28.2. The zero-order chi connectivity index (χ0) is 33.0. The van der Waals surface area contributed by atoms with Crippen molar-refractivity contribution >= 4 is 43.6 Å². The minimum absolute atomic E-state index is 0.625. The van der Waals surface area contributed by atoms with Crippen molar-refractivity contribution in [2.24, 2.45) is 0 Å². The third kappa shape index (κ3) is 4.37. The smallest absolute Gasteiger partial charge is 0.161 e. The summed E-state index contributed by atoms with van der Waals surface area (Å²) in [6.45, 7) is 0. The molecule has 0 fully saturated rings. The normalized spacial score (nSPS) is 11.6. The van der Waals surface area contributed by atoms with Crippen LogP contribution in [0.2, 0.25) is 0 Å². The van der Waals surface area contributed by atoms with Gasteiger partial charge in [-0.25, -0.2) is 9.97 Å². The van der Waals surface area contributed by atoms with Crippen LogP contribution in [0.4, 0.5) is 0 Å². The Bertz CT molecular complexity index is 2600. The van der Waals surface area contributed by atoms with Crippen molar-refractivity contribution in [1.29, 1.82) is 0 Å². The summed E-state index contributed by atoms with van der Waals surface area (Å²) in [4.78, 5) is 14.9. The van der Waals surface area contributed by atoms with Crippen molar-refractivity contribution in [3.63, 3.8) is 0 Å². The van der Waals surface area contributed by atoms with Crippen LogP contribution >= 0.6 is 0 Å². The number of aromatic nitrogens is 5. The molecular weight excluding hydrogens is 611 g/mol. The van der Waals surface area contributed by atoms with Crippen LogP contribution in [0.3, 0.4) is 0 Å². The molecule has 0 unspecified atom stereocenters. The monoisotopic (exact) mass is 639 g/mol. The topological polar surface area (TPSA) is 48.5 Å². The molecule has 0 saturated heterocycles. The van der Waals surface area contributed by atoms with E-state index in [9.17, 15) is 0 Å². The molecule has 4 aromatic heterocycles. The largest absolute Gasteiger partial charge is 0.309 e. The standard InChI is InChI=1S/C45H29N5/c1-7-21-39-31(15-1)32-16-2-8-22-40(32)49(39)43-25-11-5-19-35(43)37-28-38(48-45(47-37)30-14-13-27-46-29-30)36-20-6-12-26-44(36)50-41-23-9-3-17-33(41)34-18-4-10-24-42(34)50/h1-29H. The predicted octanol–water partition coefficient (Wildman–Crippen LogP) is 11.1. The number of hydrogen-bond donors (Lipinski definition) is 0. The van der Waals surface area contributed by atoms with Gasteiger partial charge in [-0.2, -0.15) is 0 Å². The maximum Gasteiger partial charge on any atom is 0.161 e. The summed E-state index contributed by atoms with van der Waals surface area (Å²) < 4.78 is 4.72. The van der Waals surface area contributed by atoms with Crippen LogP contribution in [0.5, 0.6) is 0 Å². The van der Waals surface area contributed by atoms with E-state index in [0.29, 0.717) is 5.82 Å². The van der Waals surface area contributed by atoms with Crippen molar-refractivity contribution in [2.75, 3.05) is 0 Å². The second-order valence-corrected chi connectivity index (χ2v) is 12.5. The van der Waals surface area contributed by atoms with Crippen LogP contribution < -0.4 is 0 Å². The number of benzene rings is 6. The molecule has 0 spiro atoms. The molecule has 5 nitrogen and oxygen atoms in total. The molecule has 10 rings (SSSR count). The van der Waals surface area contributed by atoms with E-state index in [2.05, 4.69) is 166 Å². The van der Waals surface area contributed by atoms with Gasteiger partial charge in [-0.3, -0.25) is 4.98 Å². The highest BCUT2D eigenvalue weighted by Crippen LogP contribution is 2.39. The Morgan fingerprint density at radius 1 is 0.380 bits per heavy atom. The second-order valence-electron chi connectivity index (χ2n) is 12.5. The molecule has 0 amide bonds. The third-order valence-electron chi connectivity index (χ3n) is 9.65. The van der Waals surface area contributed by atoms with Crippen LogP contribution in [0.15, 0.2) is 176 Å². The molecule has 0 N–H and O–H groups in total. The quantitative estimate of drug-likeness (QED) is 0.188. The van der Waals surface area contributed by atoms with E-state index < -0.39 is 0 Å². The number of para-hydroxylation sites is 6. The molecular formula is C45H29N5. The zero-order valence-electron chi connectivity index (χ0n) is 27.0. The summed E-state index contributed by atoms with van der Waals surface area (Å²) in [7, 11) is 0. The summed E-state index contributed by atoms with van der Waals surface area (Å²) in [5, 5.41) is 4.88. The van der Waals surface area contributed by atoms with Crippen LogP contribution in [-0.2, 0) is 0 Å². The van der Waals surface area contributed by atoms with Crippen molar-refractivity contribution in [3.8, 4) is 45.3 Å². The van der Waals surface area contributed by atoms with Gasteiger partial charge in [0.05, 0.1) is 44.8 Å². The molecule has 50 heavy (non-hydrogen) atoms. The number of rotatable bonds is 5. The van der Waals surface area contributed by atoms with Gasteiger partial charge >= 0.3 is 0 Å². The van der Waals surface area contributed by atoms with E-state index in [4.69, 9.17) is 9.97 Å². The van der Waals surface area contributed by atoms with Crippen molar-refractivity contribution in [2.45, 2.75) is 0 Å². The Morgan fingerprint density at radius 3 is 1.20 bits per heavy atom. The Labute approximate surface area is 288 Å². The van der Waals surface area contributed by atoms with Gasteiger partial charge < -0.3 is 9.13 Å². The molecule has 5 heteroatoms. The number of fused-ring (bicyclic) bond motifs is 6. The van der Waals surface area contributed by atoms with Crippen LogP contribution in [0.25, 0.3) is 88.9 Å². The molecule has 0 bridgehead atoms. The Kier molecular flexibility index (Phi) is 6.42. The molecule has 0 aliphatic heterocycles. The Hall–Kier alpha value is -6.85. The van der Waals surface area contributed by atoms with Crippen LogP contribution in [0, 0.1) is 0 Å². The highest BCUT2D eigenvalue weighted by Gasteiger charge is 2.20. The van der Waals surface area contributed by atoms with Crippen molar-refractivity contribution in [3.05, 3.63) is 176 Å². The SMILES string of the molecule is c1cncc(-c2nc(-c3ccccc3-n3c4ccccc4c4ccccc43)cc(-c3ccccc3-n3c4ccccc4c4ccccc43)n2)c1. The van der Waals surface area contributed by atoms with Gasteiger partial charge in [0.25, 0.3) is 0 Å². The molecule has 6 aromatic carbocycles. The number of hydrogen-bond acceptors (Lipinski definition) is 3. The first-order chi connectivity index (χ1) is 24.8. The number of pyridine rings is 1. The first-order valence-electron chi connectivity index (χ1n) is 16.8. The lowest BCUT2D eigenvalue weighted by atomic mass is 10.0. The van der Waals surface area contributed by atoms with Crippen LogP contribution in [-0.4, -0.2) is 24.1 Å². The van der Waals surface area contributed by atoms with Gasteiger partial charge in [0.2, 0.25) is 0 Å². The molecule has 0 aliphatic carbocycles. The van der Waals surface area contributed by atoms with E-state index in [0.717, 1.165) is 61.5 Å². The lowest BCUT2D eigenvalue weighted by Crippen LogP contribution is -2.02. The Morgan fingerprint density at radius 2 is 0.780 bits per heavy atom. The van der Waals surface area contributed by atoms with Gasteiger partial charge in [0.15, 0.2) is 5.82 Å². The molecule has 0 aliphatic rings. The van der Waals surface area contributed by atoms with E-state index in [1.807, 2.05) is 18.3 Å². The molecule has 0 radical (unpaired) electrons. The van der Waals surface area contributed by atoms with E-state index >= 15 is 0 Å². The molecule has 10 aromatic rings. The first-order valence-corrected chi connectivity index (χ1v) is 16.8. The van der Waals surface area contributed by atoms with Gasteiger partial charge in [0.1, 0.15) is 0 Å². The molecule has 0 saturated carbocycles. The van der Waals surface area contributed by atoms with Gasteiger partial charge in [-0.05, 0) is 54.6 Å². The second kappa shape index (κ2) is 11.4. The summed E-state index contributed by atoms with van der Waals surface area (Å²) >= 11 is 0. The highest BCUT2D eigenvalue weighted by molar-refractivity contribution is 6.10. The fraction of sp³-hybridized carbons (Fsp3) is 0. The zero-order valence-corrected chi connectivity index (χ0v) is 27.0. The summed E-state index contributed by atoms with van der Waals surface area (Å²) in [6.07, 6.45) is 3.62. The predicted molar refractivity (Wildman–Crippen MR) is 205 cm³/mol. The summed E-state index contributed by atoms with van der Waals surface area (Å²) in [6, 6.07) is 57.6. The molecule has 0 atom stereocenters. The van der Waals surface area contributed by atoms with Crippen molar-refractivity contribution in [1.82, 2.24) is 24.1 Å². The van der Waals surface area contributed by atoms with Gasteiger partial charge in [-0.15, -0.1) is 0 Å². The average Bonchev–Trinajstić information content (AvgIpc) is 3.71. The van der Waals surface area contributed by atoms with Crippen molar-refractivity contribution < 1.29 is 0 Å². The summed E-state index contributed by atoms with van der Waals surface area (Å²) in [5.41, 5.74) is 11.3. The summed E-state index contributed by atoms with van der Waals surface area (Å²) in [5.74, 6) is 0.625. The average molecular weight is 640 g/mol. The maximum absolute atomic E-state index is 5.25. The van der Waals surface area contributed by atoms with Gasteiger partial charge in [-0.1, -0.05) is 109 Å². The highest BCUT2D eigenvalue weighted by atomic mass is 15.0. The van der Waals surface area contributed by atoms with Crippen LogP contribution in [0.1, 0.15) is 0 Å². The molecule has 234 valence electrons. The Balaban J connectivity index is 1.25. The minimum Gasteiger partial charge on any atom is -0.309 e. The fourth-order valence-electron chi connectivity index (χ4n) is 7.48. The fourth-order valence-corrected chi connectivity index (χ4v) is 7.48. The number of nitrogens with zero attached hydrogens (tertiary/aromatic N) is 5. The van der Waals surface area contributed by atoms with E-state index in [1.54, 1.807) is 6.20 Å². The van der Waals surface area contributed by atoms with E-state index in [1.165, 1.54) is 21.5 Å². The van der Waals surface area contributed by atoms with Gasteiger partial charge in [0, 0.05) is 50.6 Å². The lowest BCUT2D eigenvalue weighted by Gasteiger charge is -2.17. The lowest BCUT2D eigenvalue weighted by molar-refractivity contribution is 1.13. The third-order valence-corrected chi connectivity index (χ3v) is 9.65. The van der Waals surface area contributed by atoms with E-state index in [-0.39, 0.29) is 0 Å². The molecule has 4 heterocycles.